The number of carbonyl (C=O) groups excluding carboxylic acids is 1. The van der Waals surface area contributed by atoms with E-state index in [0.717, 1.165) is 0 Å². The third kappa shape index (κ3) is 1.68. The van der Waals surface area contributed by atoms with E-state index in [1.165, 1.54) is 14.0 Å². The summed E-state index contributed by atoms with van der Waals surface area (Å²) in [6.45, 7) is 1.39. The van der Waals surface area contributed by atoms with Crippen LogP contribution in [0.4, 0.5) is 0 Å². The number of primary amides is 1. The summed E-state index contributed by atoms with van der Waals surface area (Å²) in [6.07, 6.45) is 0. The van der Waals surface area contributed by atoms with Crippen molar-refractivity contribution in [2.75, 3.05) is 7.11 Å². The number of carbonyl (C=O) groups is 1. The number of methoxy groups -OCH3 is 1. The molecule has 0 aromatic heterocycles. The van der Waals surface area contributed by atoms with Crippen LogP contribution in [0.25, 0.3) is 0 Å². The van der Waals surface area contributed by atoms with Crippen molar-refractivity contribution in [2.24, 2.45) is 5.73 Å². The van der Waals surface area contributed by atoms with Crippen LogP contribution in [-0.4, -0.2) is 18.1 Å². The summed E-state index contributed by atoms with van der Waals surface area (Å²) in [4.78, 5) is 10.2. The van der Waals surface area contributed by atoms with Gasteiger partial charge in [-0.2, -0.15) is 0 Å². The Morgan fingerprint density at radius 3 is 2.25 bits per heavy atom. The monoisotopic (exact) mass is 137 g/mol. The van der Waals surface area contributed by atoms with E-state index < -0.39 is 11.0 Å². The zero-order valence-corrected chi connectivity index (χ0v) is 5.53. The van der Waals surface area contributed by atoms with Crippen molar-refractivity contribution in [3.8, 4) is 0 Å². The van der Waals surface area contributed by atoms with Crippen LogP contribution in [0.3, 0.4) is 0 Å². The van der Waals surface area contributed by atoms with Crippen molar-refractivity contribution in [1.82, 2.24) is 0 Å². The van der Waals surface area contributed by atoms with Crippen LogP contribution in [0.15, 0.2) is 0 Å². The van der Waals surface area contributed by atoms with E-state index in [4.69, 9.17) is 17.3 Å². The van der Waals surface area contributed by atoms with Crippen molar-refractivity contribution in [3.63, 3.8) is 0 Å². The van der Waals surface area contributed by atoms with Crippen LogP contribution in [-0.2, 0) is 9.53 Å². The van der Waals surface area contributed by atoms with E-state index in [9.17, 15) is 4.79 Å². The number of ether oxygens (including phenoxy) is 1. The third-order valence-electron chi connectivity index (χ3n) is 0.823. The second-order valence-corrected chi connectivity index (χ2v) is 2.21. The lowest BCUT2D eigenvalue weighted by Crippen LogP contribution is -2.37. The van der Waals surface area contributed by atoms with Gasteiger partial charge in [-0.25, -0.2) is 0 Å². The molecule has 1 amide bonds. The Kier molecular flexibility index (Phi) is 2.25. The van der Waals surface area contributed by atoms with Gasteiger partial charge in [0.15, 0.2) is 0 Å². The quantitative estimate of drug-likeness (QED) is 0.548. The fourth-order valence-electron chi connectivity index (χ4n) is 0.101. The lowest BCUT2D eigenvalue weighted by atomic mass is 10.4. The molecule has 2 N–H and O–H groups in total. The smallest absolute Gasteiger partial charge is 0.265 e. The average molecular weight is 138 g/mol. The van der Waals surface area contributed by atoms with Crippen LogP contribution in [0, 0.1) is 0 Å². The van der Waals surface area contributed by atoms with E-state index in [2.05, 4.69) is 4.74 Å². The second kappa shape index (κ2) is 2.33. The highest BCUT2D eigenvalue weighted by molar-refractivity contribution is 6.33. The normalized spacial score (nSPS) is 17.4. The van der Waals surface area contributed by atoms with E-state index in [0.29, 0.717) is 0 Å². The van der Waals surface area contributed by atoms with Crippen LogP contribution < -0.4 is 5.73 Å². The maximum atomic E-state index is 10.2. The van der Waals surface area contributed by atoms with Gasteiger partial charge in [0.2, 0.25) is 5.06 Å². The van der Waals surface area contributed by atoms with Crippen LogP contribution >= 0.6 is 11.6 Å². The molecule has 0 fully saturated rings. The summed E-state index contributed by atoms with van der Waals surface area (Å²) < 4.78 is 4.49. The highest BCUT2D eigenvalue weighted by Gasteiger charge is 2.26. The molecule has 1 unspecified atom stereocenters. The van der Waals surface area contributed by atoms with Gasteiger partial charge in [-0.05, 0) is 6.92 Å². The molecule has 0 aromatic rings. The van der Waals surface area contributed by atoms with E-state index in [1.807, 2.05) is 0 Å². The van der Waals surface area contributed by atoms with Crippen LogP contribution in [0.2, 0.25) is 0 Å². The minimum atomic E-state index is -1.35. The van der Waals surface area contributed by atoms with Gasteiger partial charge >= 0.3 is 0 Å². The molecule has 48 valence electrons. The highest BCUT2D eigenvalue weighted by Crippen LogP contribution is 2.12. The first-order valence-corrected chi connectivity index (χ1v) is 2.42. The molecule has 1 atom stereocenters. The van der Waals surface area contributed by atoms with E-state index in [1.54, 1.807) is 0 Å². The predicted octanol–water partition coefficient (Wildman–Crippen LogP) is 0.0731. The molecule has 0 aliphatic rings. The van der Waals surface area contributed by atoms with Gasteiger partial charge in [0, 0.05) is 7.11 Å². The van der Waals surface area contributed by atoms with E-state index in [-0.39, 0.29) is 0 Å². The van der Waals surface area contributed by atoms with Gasteiger partial charge in [0.1, 0.15) is 0 Å². The summed E-state index contributed by atoms with van der Waals surface area (Å²) in [5.41, 5.74) is 4.78. The second-order valence-electron chi connectivity index (χ2n) is 1.49. The van der Waals surface area contributed by atoms with Gasteiger partial charge in [-0.3, -0.25) is 4.79 Å². The van der Waals surface area contributed by atoms with Crippen molar-refractivity contribution in [2.45, 2.75) is 12.0 Å². The molecule has 0 bridgehead atoms. The Balaban J connectivity index is 3.91. The summed E-state index contributed by atoms with van der Waals surface area (Å²) in [5, 5.41) is -1.35. The molecule has 0 spiro atoms. The molecule has 0 saturated carbocycles. The average Bonchev–Trinajstić information content (AvgIpc) is 1.67. The Labute approximate surface area is 52.8 Å². The highest BCUT2D eigenvalue weighted by atomic mass is 35.5. The first-order valence-electron chi connectivity index (χ1n) is 2.04. The molecule has 0 heterocycles. The van der Waals surface area contributed by atoms with Crippen LogP contribution in [0.5, 0.6) is 0 Å². The first kappa shape index (κ1) is 7.72. The first-order chi connectivity index (χ1) is 3.50. The maximum absolute atomic E-state index is 10.2. The minimum Gasteiger partial charge on any atom is -0.366 e. The topological polar surface area (TPSA) is 52.3 Å². The summed E-state index contributed by atoms with van der Waals surface area (Å²) in [5.74, 6) is -0.679. The largest absolute Gasteiger partial charge is 0.366 e. The summed E-state index contributed by atoms with van der Waals surface area (Å²) in [7, 11) is 1.32. The predicted molar refractivity (Wildman–Crippen MR) is 30.5 cm³/mol. The van der Waals surface area contributed by atoms with Gasteiger partial charge in [-0.15, -0.1) is 0 Å². The Hall–Kier alpha value is -0.280. The molecule has 8 heavy (non-hydrogen) atoms. The Morgan fingerprint density at radius 1 is 1.88 bits per heavy atom. The minimum absolute atomic E-state index is 0.679. The van der Waals surface area contributed by atoms with Crippen molar-refractivity contribution in [3.05, 3.63) is 0 Å². The Bertz CT molecular complexity index is 102. The van der Waals surface area contributed by atoms with Gasteiger partial charge < -0.3 is 10.5 Å². The van der Waals surface area contributed by atoms with Crippen molar-refractivity contribution < 1.29 is 9.53 Å². The molecule has 0 aliphatic carbocycles. The summed E-state index contributed by atoms with van der Waals surface area (Å²) >= 11 is 5.36. The van der Waals surface area contributed by atoms with Gasteiger partial charge in [-0.1, -0.05) is 11.6 Å². The van der Waals surface area contributed by atoms with Gasteiger partial charge in [0.05, 0.1) is 0 Å². The van der Waals surface area contributed by atoms with Crippen LogP contribution in [0.1, 0.15) is 6.92 Å². The standard InChI is InChI=1S/C4H8ClNO2/c1-4(5,8-2)3(6)7/h1-2H3,(H2,6,7). The molecule has 0 aromatic carbocycles. The molecule has 0 saturated heterocycles. The fraction of sp³-hybridized carbons (Fsp3) is 0.750. The lowest BCUT2D eigenvalue weighted by molar-refractivity contribution is -0.129. The van der Waals surface area contributed by atoms with Crippen molar-refractivity contribution in [1.29, 1.82) is 0 Å². The number of nitrogens with two attached hydrogens (primary N) is 1. The maximum Gasteiger partial charge on any atom is 0.265 e. The van der Waals surface area contributed by atoms with Gasteiger partial charge in [0.25, 0.3) is 5.91 Å². The number of rotatable bonds is 2. The third-order valence-corrected chi connectivity index (χ3v) is 1.16. The van der Waals surface area contributed by atoms with E-state index >= 15 is 0 Å². The lowest BCUT2D eigenvalue weighted by Gasteiger charge is -2.13. The molecule has 0 radical (unpaired) electrons. The SMILES string of the molecule is COC(C)(Cl)C(N)=O. The zero-order chi connectivity index (χ0) is 6.78. The number of hydrogen-bond donors (Lipinski definition) is 1. The molecular weight excluding hydrogens is 130 g/mol. The number of halogens is 1. The number of hydrogen-bond acceptors (Lipinski definition) is 2. The molecule has 3 nitrogen and oxygen atoms in total. The molecular formula is C4H8ClNO2. The fourth-order valence-corrected chi connectivity index (χ4v) is 0.101. The zero-order valence-electron chi connectivity index (χ0n) is 4.77. The molecule has 0 aliphatic heterocycles. The van der Waals surface area contributed by atoms with Crippen molar-refractivity contribution >= 4 is 17.5 Å². The molecule has 4 heteroatoms. The number of alkyl halides is 1. The molecule has 0 rings (SSSR count). The summed E-state index contributed by atoms with van der Waals surface area (Å²) in [6, 6.07) is 0. The number of amides is 1. The Morgan fingerprint density at radius 2 is 2.25 bits per heavy atom.